The van der Waals surface area contributed by atoms with Gasteiger partial charge in [-0.05, 0) is 89.9 Å². The van der Waals surface area contributed by atoms with Gasteiger partial charge in [-0.1, -0.05) is 236 Å². The van der Waals surface area contributed by atoms with Gasteiger partial charge in [-0.25, -0.2) is 0 Å². The third-order valence-corrected chi connectivity index (χ3v) is 14.4. The molecule has 0 aromatic carbocycles. The molecule has 0 aromatic rings. The maximum absolute atomic E-state index is 13.4. The number of nitrogens with one attached hydrogen (secondary N) is 1. The van der Waals surface area contributed by atoms with Crippen LogP contribution < -0.4 is 5.32 Å². The molecule has 1 amide bonds. The molecule has 0 aliphatic carbocycles. The van der Waals surface area contributed by atoms with E-state index in [4.69, 9.17) is 14.2 Å². The van der Waals surface area contributed by atoms with E-state index in [2.05, 4.69) is 74.7 Å². The number of unbranched alkanes of at least 4 members (excludes halogenated alkanes) is 30. The largest absolute Gasteiger partial charge is 0.454 e. The highest BCUT2D eigenvalue weighted by atomic mass is 16.7. The van der Waals surface area contributed by atoms with E-state index in [1.54, 1.807) is 6.08 Å². The second kappa shape index (κ2) is 52.1. The van der Waals surface area contributed by atoms with Crippen molar-refractivity contribution >= 4 is 11.9 Å². The fourth-order valence-corrected chi connectivity index (χ4v) is 9.42. The molecule has 0 spiro atoms. The van der Waals surface area contributed by atoms with E-state index < -0.39 is 67.4 Å². The highest BCUT2D eigenvalue weighted by Gasteiger charge is 2.47. The zero-order valence-electron chi connectivity index (χ0n) is 48.2. The van der Waals surface area contributed by atoms with Crippen LogP contribution in [0.15, 0.2) is 60.8 Å². The van der Waals surface area contributed by atoms with Crippen molar-refractivity contribution in [1.82, 2.24) is 5.32 Å². The Morgan fingerprint density at radius 1 is 0.520 bits per heavy atom. The number of hydrogen-bond acceptors (Lipinski definition) is 10. The third kappa shape index (κ3) is 40.2. The molecule has 0 radical (unpaired) electrons. The Kier molecular flexibility index (Phi) is 48.9. The van der Waals surface area contributed by atoms with E-state index in [9.17, 15) is 35.1 Å². The van der Waals surface area contributed by atoms with Crippen LogP contribution in [0.25, 0.3) is 0 Å². The summed E-state index contributed by atoms with van der Waals surface area (Å²) >= 11 is 0. The first-order valence-corrected chi connectivity index (χ1v) is 31.1. The van der Waals surface area contributed by atoms with Crippen LogP contribution in [-0.2, 0) is 23.8 Å². The van der Waals surface area contributed by atoms with E-state index in [0.717, 1.165) is 96.3 Å². The van der Waals surface area contributed by atoms with Crippen LogP contribution in [0.5, 0.6) is 0 Å². The minimum atomic E-state index is -1.62. The normalized spacial score (nSPS) is 19.6. The average Bonchev–Trinajstić information content (AvgIpc) is 3.41. The summed E-state index contributed by atoms with van der Waals surface area (Å²) in [6.07, 6.45) is 54.0. The monoisotopic (exact) mass is 1060 g/mol. The molecule has 1 heterocycles. The van der Waals surface area contributed by atoms with Gasteiger partial charge in [0.15, 0.2) is 12.4 Å². The van der Waals surface area contributed by atoms with Gasteiger partial charge in [0.05, 0.1) is 25.4 Å². The summed E-state index contributed by atoms with van der Waals surface area (Å²) in [7, 11) is 0. The molecular weight excluding hydrogens is 943 g/mol. The molecule has 1 fully saturated rings. The van der Waals surface area contributed by atoms with E-state index in [0.29, 0.717) is 12.8 Å². The quantitative estimate of drug-likeness (QED) is 0.0195. The first-order valence-electron chi connectivity index (χ1n) is 31.1. The van der Waals surface area contributed by atoms with Crippen LogP contribution in [0.2, 0.25) is 0 Å². The molecule has 11 nitrogen and oxygen atoms in total. The van der Waals surface area contributed by atoms with E-state index in [1.165, 1.54) is 128 Å². The molecule has 75 heavy (non-hydrogen) atoms. The molecule has 1 aliphatic heterocycles. The van der Waals surface area contributed by atoms with Crippen molar-refractivity contribution in [2.45, 2.75) is 320 Å². The highest BCUT2D eigenvalue weighted by Crippen LogP contribution is 2.26. The molecule has 8 unspecified atom stereocenters. The van der Waals surface area contributed by atoms with Crippen LogP contribution in [0, 0.1) is 0 Å². The Labute approximate surface area is 458 Å². The van der Waals surface area contributed by atoms with Crippen molar-refractivity contribution in [3.8, 4) is 0 Å². The molecule has 6 N–H and O–H groups in total. The Hall–Kier alpha value is -2.64. The van der Waals surface area contributed by atoms with Gasteiger partial charge in [-0.2, -0.15) is 0 Å². The molecule has 11 heteroatoms. The van der Waals surface area contributed by atoms with E-state index in [1.807, 2.05) is 6.08 Å². The summed E-state index contributed by atoms with van der Waals surface area (Å²) in [5.41, 5.74) is 0. The summed E-state index contributed by atoms with van der Waals surface area (Å²) in [5.74, 6) is -1.21. The average molecular weight is 1060 g/mol. The third-order valence-electron chi connectivity index (χ3n) is 14.4. The number of aliphatic hydroxyl groups is 5. The van der Waals surface area contributed by atoms with E-state index >= 15 is 0 Å². The molecule has 0 bridgehead atoms. The highest BCUT2D eigenvalue weighted by molar-refractivity contribution is 5.80. The fraction of sp³-hybridized carbons (Fsp3) is 0.812. The first-order chi connectivity index (χ1) is 36.7. The summed E-state index contributed by atoms with van der Waals surface area (Å²) in [6.45, 7) is 5.74. The van der Waals surface area contributed by atoms with Crippen LogP contribution in [0.1, 0.15) is 271 Å². The fourth-order valence-electron chi connectivity index (χ4n) is 9.42. The Morgan fingerprint density at radius 2 is 0.920 bits per heavy atom. The van der Waals surface area contributed by atoms with Crippen LogP contribution in [-0.4, -0.2) is 99.6 Å². The molecule has 8 atom stereocenters. The van der Waals surface area contributed by atoms with Crippen molar-refractivity contribution in [3.05, 3.63) is 60.8 Å². The molecule has 1 saturated heterocycles. The van der Waals surface area contributed by atoms with Gasteiger partial charge < -0.3 is 45.1 Å². The van der Waals surface area contributed by atoms with Crippen molar-refractivity contribution in [3.63, 3.8) is 0 Å². The second-order valence-corrected chi connectivity index (χ2v) is 21.4. The smallest absolute Gasteiger partial charge is 0.306 e. The van der Waals surface area contributed by atoms with Gasteiger partial charge in [-0.3, -0.25) is 9.59 Å². The Morgan fingerprint density at radius 3 is 1.41 bits per heavy atom. The lowest BCUT2D eigenvalue weighted by molar-refractivity contribution is -0.305. The zero-order chi connectivity index (χ0) is 54.7. The van der Waals surface area contributed by atoms with Gasteiger partial charge in [0.1, 0.15) is 24.4 Å². The SMILES string of the molecule is CCCCC/C=C\C/C=C\C/C=C\CCCCCCCC(O)C(=O)NC(COC1OC(CO)C(O)C(O)C1OC(=O)CCCCCCCCC/C=C/CCCCCCCC)C(O)/C=C/CCCCCCCCCCC. The summed E-state index contributed by atoms with van der Waals surface area (Å²) < 4.78 is 17.6. The predicted molar refractivity (Wildman–Crippen MR) is 310 cm³/mol. The number of rotatable bonds is 52. The van der Waals surface area contributed by atoms with Gasteiger partial charge >= 0.3 is 5.97 Å². The van der Waals surface area contributed by atoms with Crippen LogP contribution in [0.3, 0.4) is 0 Å². The summed E-state index contributed by atoms with van der Waals surface area (Å²) in [4.78, 5) is 26.5. The number of carbonyl (C=O) groups excluding carboxylic acids is 2. The van der Waals surface area contributed by atoms with Crippen LogP contribution >= 0.6 is 0 Å². The van der Waals surface area contributed by atoms with E-state index in [-0.39, 0.29) is 19.4 Å². The number of carbonyl (C=O) groups is 2. The van der Waals surface area contributed by atoms with Crippen molar-refractivity contribution in [1.29, 1.82) is 0 Å². The summed E-state index contributed by atoms with van der Waals surface area (Å²) in [6, 6.07) is -1.03. The zero-order valence-corrected chi connectivity index (χ0v) is 48.2. The van der Waals surface area contributed by atoms with Crippen molar-refractivity contribution in [2.75, 3.05) is 13.2 Å². The maximum atomic E-state index is 13.4. The maximum Gasteiger partial charge on any atom is 0.306 e. The number of esters is 1. The topological polar surface area (TPSA) is 175 Å². The summed E-state index contributed by atoms with van der Waals surface area (Å²) in [5, 5.41) is 56.9. The lowest BCUT2D eigenvalue weighted by atomic mass is 9.99. The number of aliphatic hydroxyl groups excluding tert-OH is 5. The molecule has 1 aliphatic rings. The molecule has 0 saturated carbocycles. The number of allylic oxidation sites excluding steroid dienone is 9. The van der Waals surface area contributed by atoms with Gasteiger partial charge in [0, 0.05) is 6.42 Å². The van der Waals surface area contributed by atoms with Gasteiger partial charge in [0.2, 0.25) is 5.91 Å². The molecular formula is C64H115NO10. The Balaban J connectivity index is 2.68. The minimum Gasteiger partial charge on any atom is -0.454 e. The lowest BCUT2D eigenvalue weighted by Gasteiger charge is -2.41. The number of hydrogen-bond donors (Lipinski definition) is 6. The second-order valence-electron chi connectivity index (χ2n) is 21.4. The van der Waals surface area contributed by atoms with Gasteiger partial charge in [-0.15, -0.1) is 0 Å². The first kappa shape index (κ1) is 70.4. The van der Waals surface area contributed by atoms with Gasteiger partial charge in [0.25, 0.3) is 0 Å². The molecule has 436 valence electrons. The lowest BCUT2D eigenvalue weighted by Crippen LogP contribution is -2.61. The minimum absolute atomic E-state index is 0.116. The Bertz CT molecular complexity index is 1450. The standard InChI is InChI=1S/C64H115NO10/c1-4-7-10-13-16-19-22-24-26-28-30-31-33-36-39-42-45-48-51-57(68)63(72)65-55(56(67)50-47-44-41-38-35-21-18-15-12-9-6-3)54-73-64-62(61(71)60(70)58(53-66)74-64)75-59(69)52-49-46-43-40-37-34-32-29-27-25-23-20-17-14-11-8-5-2/h16,19,24-27,30-31,47,50,55-58,60-62,64,66-68,70-71H,4-15,17-18,20-23,28-29,32-46,48-49,51-54H2,1-3H3,(H,65,72)/b19-16-,26-24-,27-25+,31-30-,50-47+. The number of amides is 1. The van der Waals surface area contributed by atoms with Crippen molar-refractivity contribution < 1.29 is 49.3 Å². The predicted octanol–water partition coefficient (Wildman–Crippen LogP) is 14.6. The van der Waals surface area contributed by atoms with Crippen LogP contribution in [0.4, 0.5) is 0 Å². The molecule has 0 aromatic heterocycles. The number of ether oxygens (including phenoxy) is 3. The molecule has 1 rings (SSSR count). The van der Waals surface area contributed by atoms with Crippen molar-refractivity contribution in [2.24, 2.45) is 0 Å².